The fourth-order valence-corrected chi connectivity index (χ4v) is 12.9. The van der Waals surface area contributed by atoms with Gasteiger partial charge in [-0.15, -0.1) is 12.4 Å². The summed E-state index contributed by atoms with van der Waals surface area (Å²) in [5.41, 5.74) is 5.23. The quantitative estimate of drug-likeness (QED) is 0.256. The number of carbonyl (C=O) groups excluding carboxylic acids is 1. The lowest BCUT2D eigenvalue weighted by Crippen LogP contribution is -2.64. The summed E-state index contributed by atoms with van der Waals surface area (Å²) in [6.07, 6.45) is 12.7. The highest BCUT2D eigenvalue weighted by Gasteiger charge is 2.70. The summed E-state index contributed by atoms with van der Waals surface area (Å²) in [5, 5.41) is 25.0. The molecule has 4 fully saturated rings. The number of benzene rings is 1. The van der Waals surface area contributed by atoms with E-state index in [2.05, 4.69) is 59.9 Å². The Bertz CT molecular complexity index is 1520. The van der Waals surface area contributed by atoms with Gasteiger partial charge >= 0.3 is 5.97 Å². The van der Waals surface area contributed by atoms with Crippen molar-refractivity contribution in [2.75, 3.05) is 13.1 Å². The molecule has 0 spiro atoms. The predicted molar refractivity (Wildman–Crippen MR) is 195 cm³/mol. The summed E-state index contributed by atoms with van der Waals surface area (Å²) in [6, 6.07) is 7.51. The van der Waals surface area contributed by atoms with Crippen LogP contribution in [0.1, 0.15) is 129 Å². The van der Waals surface area contributed by atoms with Crippen LogP contribution in [-0.2, 0) is 4.79 Å². The summed E-state index contributed by atoms with van der Waals surface area (Å²) in [4.78, 5) is 25.4. The van der Waals surface area contributed by atoms with E-state index in [-0.39, 0.29) is 40.0 Å². The summed E-state index contributed by atoms with van der Waals surface area (Å²) < 4.78 is 0. The number of carbonyl (C=O) groups is 2. The maximum absolute atomic E-state index is 13.9. The average molecular weight is 678 g/mol. The Hall–Kier alpha value is -1.95. The molecule has 3 N–H and O–H groups in total. The third-order valence-electron chi connectivity index (χ3n) is 15.6. The van der Waals surface area contributed by atoms with E-state index >= 15 is 0 Å². The first kappa shape index (κ1) is 35.9. The molecule has 1 aromatic carbocycles. The Morgan fingerprint density at radius 2 is 1.60 bits per heavy atom. The molecule has 4 saturated carbocycles. The van der Waals surface area contributed by atoms with Crippen molar-refractivity contribution in [3.05, 3.63) is 52.6 Å². The molecular weight excluding hydrogens is 618 g/mol. The number of aromatic carboxylic acids is 1. The number of rotatable bonds is 8. The van der Waals surface area contributed by atoms with Crippen LogP contribution in [0, 0.1) is 56.7 Å². The van der Waals surface area contributed by atoms with Gasteiger partial charge in [-0.05, 0) is 144 Å². The van der Waals surface area contributed by atoms with E-state index < -0.39 is 17.5 Å². The Balaban J connectivity index is 0.00000401. The molecular formula is C42H60ClNO4. The van der Waals surface area contributed by atoms with Crippen LogP contribution in [0.3, 0.4) is 0 Å². The van der Waals surface area contributed by atoms with Crippen molar-refractivity contribution in [2.45, 2.75) is 119 Å². The largest absolute Gasteiger partial charge is 0.478 e. The zero-order valence-corrected chi connectivity index (χ0v) is 31.3. The molecule has 6 aliphatic carbocycles. The van der Waals surface area contributed by atoms with Gasteiger partial charge in [0, 0.05) is 18.4 Å². The Labute approximate surface area is 295 Å². The second-order valence-corrected chi connectivity index (χ2v) is 18.4. The van der Waals surface area contributed by atoms with Crippen molar-refractivity contribution < 1.29 is 19.8 Å². The SMILES string of the molecule is CC(C)C1=C2[C@H]3CC[C@@H]4[C@@]5(C)CC=C(c6ccc(C(=O)O)cc6)C(C)(C)[C@@H]5CC[C@@]4(C)[C@]3(C)CC[C@@]2(C(O)CNCC2CC2)CC1=O.Cl. The van der Waals surface area contributed by atoms with Crippen LogP contribution in [0.5, 0.6) is 0 Å². The maximum Gasteiger partial charge on any atom is 0.335 e. The van der Waals surface area contributed by atoms with Crippen LogP contribution in [0.25, 0.3) is 5.57 Å². The van der Waals surface area contributed by atoms with Crippen molar-refractivity contribution in [3.63, 3.8) is 0 Å². The Morgan fingerprint density at radius 3 is 2.23 bits per heavy atom. The molecule has 0 amide bonds. The minimum Gasteiger partial charge on any atom is -0.478 e. The van der Waals surface area contributed by atoms with E-state index in [0.717, 1.165) is 49.3 Å². The van der Waals surface area contributed by atoms with E-state index in [1.807, 2.05) is 12.1 Å². The lowest BCUT2D eigenvalue weighted by atomic mass is 9.33. The fraction of sp³-hybridized carbons (Fsp3) is 0.714. The molecule has 0 aliphatic heterocycles. The lowest BCUT2D eigenvalue weighted by Gasteiger charge is -2.71. The number of carboxylic acids is 1. The number of carboxylic acid groups (broad SMARTS) is 1. The molecule has 8 atom stereocenters. The number of hydrogen-bond donors (Lipinski definition) is 3. The number of nitrogens with one attached hydrogen (secondary N) is 1. The first-order chi connectivity index (χ1) is 22.1. The first-order valence-corrected chi connectivity index (χ1v) is 18.8. The number of fused-ring (bicyclic) bond motifs is 7. The summed E-state index contributed by atoms with van der Waals surface area (Å²) in [5.74, 6) is 1.82. The van der Waals surface area contributed by atoms with Crippen LogP contribution >= 0.6 is 12.4 Å². The van der Waals surface area contributed by atoms with Gasteiger partial charge in [-0.3, -0.25) is 4.79 Å². The third-order valence-corrected chi connectivity index (χ3v) is 15.6. The predicted octanol–water partition coefficient (Wildman–Crippen LogP) is 9.14. The van der Waals surface area contributed by atoms with E-state index in [4.69, 9.17) is 0 Å². The van der Waals surface area contributed by atoms with Gasteiger partial charge in [-0.1, -0.05) is 72.2 Å². The topological polar surface area (TPSA) is 86.6 Å². The lowest BCUT2D eigenvalue weighted by molar-refractivity contribution is -0.200. The molecule has 0 aromatic heterocycles. The number of ketones is 1. The zero-order valence-electron chi connectivity index (χ0n) is 30.5. The van der Waals surface area contributed by atoms with Crippen LogP contribution in [0.4, 0.5) is 0 Å². The monoisotopic (exact) mass is 677 g/mol. The molecule has 5 nitrogen and oxygen atoms in total. The van der Waals surface area contributed by atoms with E-state index in [0.29, 0.717) is 42.1 Å². The minimum atomic E-state index is -0.880. The number of aliphatic hydroxyl groups excluding tert-OH is 1. The molecule has 6 heteroatoms. The van der Waals surface area contributed by atoms with Crippen LogP contribution < -0.4 is 5.32 Å². The third kappa shape index (κ3) is 5.06. The van der Waals surface area contributed by atoms with Crippen LogP contribution in [0.15, 0.2) is 41.5 Å². The molecule has 1 aromatic rings. The molecule has 6 aliphatic rings. The van der Waals surface area contributed by atoms with Gasteiger partial charge in [0.1, 0.15) is 0 Å². The Kier molecular flexibility index (Phi) is 9.03. The second kappa shape index (κ2) is 12.1. The maximum atomic E-state index is 13.9. The summed E-state index contributed by atoms with van der Waals surface area (Å²) in [7, 11) is 0. The van der Waals surface area contributed by atoms with Crippen LogP contribution in [0.2, 0.25) is 0 Å². The van der Waals surface area contributed by atoms with Gasteiger partial charge in [0.15, 0.2) is 5.78 Å². The summed E-state index contributed by atoms with van der Waals surface area (Å²) in [6.45, 7) is 18.6. The average Bonchev–Trinajstić information content (AvgIpc) is 3.77. The van der Waals surface area contributed by atoms with Gasteiger partial charge in [0.05, 0.1) is 11.7 Å². The van der Waals surface area contributed by atoms with Gasteiger partial charge in [0.2, 0.25) is 0 Å². The molecule has 0 heterocycles. The highest BCUT2D eigenvalue weighted by molar-refractivity contribution is 6.00. The standard InChI is InChI=1S/C42H59NO4.ClH/c1-25(2)35-31(44)22-42(34(45)24-43-23-26-8-9-26)21-20-40(6)30(36(35)42)14-15-33-39(5)18-16-29(27-10-12-28(13-11-27)37(46)47)38(3,4)32(39)17-19-41(33,40)7;/h10-13,16,25-26,30,32-34,43,45H,8-9,14-15,17-24H2,1-7H3,(H,46,47);1H/t30-,32+,33-,34?,39+,40-,41-,42+;/m1./s1. The van der Waals surface area contributed by atoms with Gasteiger partial charge in [-0.25, -0.2) is 4.79 Å². The van der Waals surface area contributed by atoms with E-state index in [9.17, 15) is 19.8 Å². The minimum absolute atomic E-state index is 0. The molecule has 7 rings (SSSR count). The highest BCUT2D eigenvalue weighted by atomic mass is 35.5. The zero-order chi connectivity index (χ0) is 33.7. The van der Waals surface area contributed by atoms with Gasteiger partial charge < -0.3 is 15.5 Å². The fourth-order valence-electron chi connectivity index (χ4n) is 12.9. The normalized spacial score (nSPS) is 39.1. The first-order valence-electron chi connectivity index (χ1n) is 18.8. The molecule has 1 unspecified atom stereocenters. The van der Waals surface area contributed by atoms with Gasteiger partial charge in [-0.2, -0.15) is 0 Å². The van der Waals surface area contributed by atoms with Crippen molar-refractivity contribution in [1.82, 2.24) is 5.32 Å². The number of allylic oxidation sites excluding steroid dienone is 3. The van der Waals surface area contributed by atoms with Crippen molar-refractivity contribution in [3.8, 4) is 0 Å². The second-order valence-electron chi connectivity index (χ2n) is 18.4. The number of hydrogen-bond acceptors (Lipinski definition) is 4. The molecule has 264 valence electrons. The van der Waals surface area contributed by atoms with Crippen molar-refractivity contribution in [1.29, 1.82) is 0 Å². The molecule has 0 bridgehead atoms. The number of aliphatic hydroxyl groups is 1. The highest BCUT2D eigenvalue weighted by Crippen LogP contribution is 2.77. The summed E-state index contributed by atoms with van der Waals surface area (Å²) >= 11 is 0. The van der Waals surface area contributed by atoms with E-state index in [1.54, 1.807) is 12.1 Å². The van der Waals surface area contributed by atoms with Crippen LogP contribution in [-0.4, -0.2) is 41.2 Å². The smallest absolute Gasteiger partial charge is 0.335 e. The van der Waals surface area contributed by atoms with Crippen molar-refractivity contribution >= 4 is 29.7 Å². The number of halogens is 1. The van der Waals surface area contributed by atoms with E-state index in [1.165, 1.54) is 43.3 Å². The Morgan fingerprint density at radius 1 is 0.917 bits per heavy atom. The van der Waals surface area contributed by atoms with Gasteiger partial charge in [0.25, 0.3) is 0 Å². The molecule has 48 heavy (non-hydrogen) atoms. The van der Waals surface area contributed by atoms with Crippen molar-refractivity contribution in [2.24, 2.45) is 56.7 Å². The molecule has 0 saturated heterocycles. The number of Topliss-reactive ketones (excluding diaryl/α,β-unsaturated/α-hetero) is 1. The molecule has 0 radical (unpaired) electrons.